The van der Waals surface area contributed by atoms with Crippen molar-refractivity contribution < 1.29 is 9.90 Å². The lowest BCUT2D eigenvalue weighted by atomic mass is 10.3. The number of hydrogen-bond acceptors (Lipinski definition) is 4. The minimum Gasteiger partial charge on any atom is -0.480 e. The molecule has 3 aromatic rings. The molecule has 0 spiro atoms. The quantitative estimate of drug-likeness (QED) is 0.804. The Bertz CT molecular complexity index is 804. The maximum atomic E-state index is 11.1. The molecule has 0 amide bonds. The van der Waals surface area contributed by atoms with Gasteiger partial charge in [-0.25, -0.2) is 9.97 Å². The summed E-state index contributed by atoms with van der Waals surface area (Å²) in [5.74, 6) is -0.204. The van der Waals surface area contributed by atoms with Crippen LogP contribution in [0.3, 0.4) is 0 Å². The van der Waals surface area contributed by atoms with E-state index in [1.807, 2.05) is 38.1 Å². The zero-order valence-electron chi connectivity index (χ0n) is 11.1. The molecule has 1 aromatic carbocycles. The van der Waals surface area contributed by atoms with Gasteiger partial charge in [-0.05, 0) is 26.0 Å². The predicted octanol–water partition coefficient (Wildman–Crippen LogP) is 2.86. The van der Waals surface area contributed by atoms with Crippen LogP contribution < -0.4 is 0 Å². The summed E-state index contributed by atoms with van der Waals surface area (Å²) in [6.07, 6.45) is 0. The number of aliphatic carboxylic acids is 1. The number of rotatable bonds is 3. The molecule has 0 saturated heterocycles. The number of benzene rings is 1. The van der Waals surface area contributed by atoms with Crippen LogP contribution in [0, 0.1) is 13.8 Å². The van der Waals surface area contributed by atoms with E-state index in [-0.39, 0.29) is 6.54 Å². The van der Waals surface area contributed by atoms with Gasteiger partial charge < -0.3 is 9.67 Å². The van der Waals surface area contributed by atoms with Gasteiger partial charge in [0.1, 0.15) is 6.54 Å². The maximum absolute atomic E-state index is 11.1. The van der Waals surface area contributed by atoms with E-state index in [1.54, 1.807) is 4.57 Å². The highest BCUT2D eigenvalue weighted by Crippen LogP contribution is 2.31. The Labute approximate surface area is 119 Å². The highest BCUT2D eigenvalue weighted by atomic mass is 32.1. The number of fused-ring (bicyclic) bond motifs is 1. The van der Waals surface area contributed by atoms with Gasteiger partial charge in [-0.3, -0.25) is 4.79 Å². The number of thiazole rings is 1. The van der Waals surface area contributed by atoms with Gasteiger partial charge >= 0.3 is 5.97 Å². The molecule has 0 atom stereocenters. The zero-order valence-corrected chi connectivity index (χ0v) is 11.9. The van der Waals surface area contributed by atoms with Gasteiger partial charge in [-0.1, -0.05) is 12.1 Å². The van der Waals surface area contributed by atoms with Crippen LogP contribution in [0.15, 0.2) is 24.3 Å². The minimum atomic E-state index is -0.881. The molecule has 0 bridgehead atoms. The first-order chi connectivity index (χ1) is 9.56. The summed E-state index contributed by atoms with van der Waals surface area (Å²) < 4.78 is 1.73. The Morgan fingerprint density at radius 1 is 1.30 bits per heavy atom. The number of carboxylic acids is 1. The number of imidazole rings is 1. The van der Waals surface area contributed by atoms with Gasteiger partial charge in [0, 0.05) is 0 Å². The van der Waals surface area contributed by atoms with Crippen molar-refractivity contribution in [3.8, 4) is 10.7 Å². The van der Waals surface area contributed by atoms with Gasteiger partial charge in [-0.2, -0.15) is 0 Å². The summed E-state index contributed by atoms with van der Waals surface area (Å²) in [5, 5.41) is 10.1. The van der Waals surface area contributed by atoms with Crippen molar-refractivity contribution in [2.24, 2.45) is 0 Å². The molecular weight excluding hydrogens is 274 g/mol. The van der Waals surface area contributed by atoms with Crippen LogP contribution in [-0.2, 0) is 11.3 Å². The van der Waals surface area contributed by atoms with Crippen LogP contribution in [-0.4, -0.2) is 25.6 Å². The van der Waals surface area contributed by atoms with Crippen molar-refractivity contribution >= 4 is 28.3 Å². The van der Waals surface area contributed by atoms with E-state index >= 15 is 0 Å². The molecule has 0 aliphatic carbocycles. The van der Waals surface area contributed by atoms with Gasteiger partial charge in [0.15, 0.2) is 5.82 Å². The van der Waals surface area contributed by atoms with Crippen molar-refractivity contribution in [3.63, 3.8) is 0 Å². The van der Waals surface area contributed by atoms with Crippen LogP contribution in [0.5, 0.6) is 0 Å². The molecule has 2 heterocycles. The van der Waals surface area contributed by atoms with Gasteiger partial charge in [0.05, 0.1) is 26.6 Å². The lowest BCUT2D eigenvalue weighted by molar-refractivity contribution is -0.137. The number of carbonyl (C=O) groups is 1. The summed E-state index contributed by atoms with van der Waals surface area (Å²) in [7, 11) is 0. The highest BCUT2D eigenvalue weighted by Gasteiger charge is 2.18. The van der Waals surface area contributed by atoms with Crippen molar-refractivity contribution in [2.45, 2.75) is 20.4 Å². The molecule has 1 N–H and O–H groups in total. The smallest absolute Gasteiger partial charge is 0.323 e. The van der Waals surface area contributed by atoms with E-state index in [2.05, 4.69) is 9.97 Å². The average Bonchev–Trinajstić information content (AvgIpc) is 2.90. The molecule has 0 aliphatic rings. The SMILES string of the molecule is Cc1nc(C)c(-c2nc3ccccc3n2CC(=O)O)s1. The number of aryl methyl sites for hydroxylation is 2. The molecule has 5 nitrogen and oxygen atoms in total. The van der Waals surface area contributed by atoms with Crippen LogP contribution >= 0.6 is 11.3 Å². The fourth-order valence-electron chi connectivity index (χ4n) is 2.28. The van der Waals surface area contributed by atoms with E-state index < -0.39 is 5.97 Å². The molecule has 0 radical (unpaired) electrons. The maximum Gasteiger partial charge on any atom is 0.323 e. The Hall–Kier alpha value is -2.21. The number of carboxylic acid groups (broad SMARTS) is 1. The zero-order chi connectivity index (χ0) is 14.3. The van der Waals surface area contributed by atoms with E-state index in [0.29, 0.717) is 5.82 Å². The summed E-state index contributed by atoms with van der Waals surface area (Å²) in [4.78, 5) is 21.0. The van der Waals surface area contributed by atoms with Crippen molar-refractivity contribution in [1.82, 2.24) is 14.5 Å². The summed E-state index contributed by atoms with van der Waals surface area (Å²) in [6, 6.07) is 7.56. The largest absolute Gasteiger partial charge is 0.480 e. The first kappa shape index (κ1) is 12.8. The molecule has 0 unspecified atom stereocenters. The standard InChI is InChI=1S/C14H13N3O2S/c1-8-13(20-9(2)15-8)14-16-10-5-3-4-6-11(10)17(14)7-12(18)19/h3-6H,7H2,1-2H3,(H,18,19). The number of nitrogens with zero attached hydrogens (tertiary/aromatic N) is 3. The minimum absolute atomic E-state index is 0.105. The Kier molecular flexibility index (Phi) is 3.02. The summed E-state index contributed by atoms with van der Waals surface area (Å²) in [6.45, 7) is 3.75. The number of para-hydroxylation sites is 2. The van der Waals surface area contributed by atoms with Crippen LogP contribution in [0.25, 0.3) is 21.7 Å². The fourth-order valence-corrected chi connectivity index (χ4v) is 3.20. The van der Waals surface area contributed by atoms with Gasteiger partial charge in [0.2, 0.25) is 0 Å². The third-order valence-electron chi connectivity index (χ3n) is 3.05. The van der Waals surface area contributed by atoms with Crippen molar-refractivity contribution in [2.75, 3.05) is 0 Å². The second-order valence-corrected chi connectivity index (χ2v) is 5.75. The van der Waals surface area contributed by atoms with Crippen molar-refractivity contribution in [1.29, 1.82) is 0 Å². The molecule has 0 saturated carbocycles. The monoisotopic (exact) mass is 287 g/mol. The topological polar surface area (TPSA) is 68.0 Å². The Balaban J connectivity index is 2.28. The molecule has 102 valence electrons. The molecule has 3 rings (SSSR count). The number of aromatic nitrogens is 3. The normalized spacial score (nSPS) is 11.1. The highest BCUT2D eigenvalue weighted by molar-refractivity contribution is 7.15. The van der Waals surface area contributed by atoms with Gasteiger partial charge in [-0.15, -0.1) is 11.3 Å². The first-order valence-electron chi connectivity index (χ1n) is 6.17. The lowest BCUT2D eigenvalue weighted by Crippen LogP contribution is -2.09. The molecule has 0 aliphatic heterocycles. The first-order valence-corrected chi connectivity index (χ1v) is 6.99. The summed E-state index contributed by atoms with van der Waals surface area (Å²) in [5.41, 5.74) is 2.51. The Morgan fingerprint density at radius 2 is 2.05 bits per heavy atom. The van der Waals surface area contributed by atoms with Crippen LogP contribution in [0.2, 0.25) is 0 Å². The van der Waals surface area contributed by atoms with E-state index in [1.165, 1.54) is 11.3 Å². The molecule has 20 heavy (non-hydrogen) atoms. The third kappa shape index (κ3) is 2.08. The van der Waals surface area contributed by atoms with E-state index in [4.69, 9.17) is 5.11 Å². The molecule has 0 fully saturated rings. The van der Waals surface area contributed by atoms with Crippen LogP contribution in [0.4, 0.5) is 0 Å². The van der Waals surface area contributed by atoms with Gasteiger partial charge in [0.25, 0.3) is 0 Å². The lowest BCUT2D eigenvalue weighted by Gasteiger charge is -2.05. The van der Waals surface area contributed by atoms with E-state index in [9.17, 15) is 4.79 Å². The number of hydrogen-bond donors (Lipinski definition) is 1. The summed E-state index contributed by atoms with van der Waals surface area (Å²) >= 11 is 1.54. The third-order valence-corrected chi connectivity index (χ3v) is 4.12. The fraction of sp³-hybridized carbons (Fsp3) is 0.214. The Morgan fingerprint density at radius 3 is 2.70 bits per heavy atom. The average molecular weight is 287 g/mol. The van der Waals surface area contributed by atoms with Crippen molar-refractivity contribution in [3.05, 3.63) is 35.0 Å². The molecular formula is C14H13N3O2S. The van der Waals surface area contributed by atoms with Crippen LogP contribution in [0.1, 0.15) is 10.7 Å². The molecule has 2 aromatic heterocycles. The molecule has 6 heteroatoms. The van der Waals surface area contributed by atoms with E-state index in [0.717, 1.165) is 26.6 Å². The second-order valence-electron chi connectivity index (χ2n) is 4.55. The second kappa shape index (κ2) is 4.72. The predicted molar refractivity (Wildman–Crippen MR) is 78.0 cm³/mol.